The number of halogens is 1. The molecule has 0 aliphatic carbocycles. The van der Waals surface area contributed by atoms with Gasteiger partial charge in [-0.05, 0) is 12.0 Å². The van der Waals surface area contributed by atoms with Crippen LogP contribution in [0, 0.1) is 0 Å². The number of carboxylic acids is 1. The second kappa shape index (κ2) is 7.32. The van der Waals surface area contributed by atoms with Crippen molar-refractivity contribution in [3.8, 4) is 0 Å². The molecule has 0 heterocycles. The molecule has 0 aromatic heterocycles. The van der Waals surface area contributed by atoms with Crippen molar-refractivity contribution in [1.29, 1.82) is 0 Å². The van der Waals surface area contributed by atoms with E-state index in [1.807, 2.05) is 30.3 Å². The maximum atomic E-state index is 10.4. The van der Waals surface area contributed by atoms with Gasteiger partial charge in [-0.15, -0.1) is 12.4 Å². The molecule has 0 fully saturated rings. The summed E-state index contributed by atoms with van der Waals surface area (Å²) in [4.78, 5) is 10.4. The number of carbonyl (C=O) groups is 1. The van der Waals surface area contributed by atoms with Crippen LogP contribution in [0.1, 0.15) is 5.56 Å². The van der Waals surface area contributed by atoms with E-state index in [1.165, 1.54) is 0 Å². The van der Waals surface area contributed by atoms with Crippen LogP contribution >= 0.6 is 12.4 Å². The van der Waals surface area contributed by atoms with Crippen molar-refractivity contribution in [3.63, 3.8) is 0 Å². The van der Waals surface area contributed by atoms with Crippen LogP contribution in [-0.2, 0) is 11.2 Å². The second-order valence-corrected chi connectivity index (χ2v) is 2.63. The van der Waals surface area contributed by atoms with E-state index in [0.29, 0.717) is 6.42 Å². The average Bonchev–Trinajstić information content (AvgIpc) is 2.06. The molecule has 5 heteroatoms. The third-order valence-corrected chi connectivity index (χ3v) is 1.62. The summed E-state index contributed by atoms with van der Waals surface area (Å²) in [6, 6.07) is 8.54. The van der Waals surface area contributed by atoms with Gasteiger partial charge in [-0.1, -0.05) is 30.3 Å². The topological polar surface area (TPSA) is 94.8 Å². The Hall–Kier alpha value is -1.10. The third kappa shape index (κ3) is 4.81. The lowest BCUT2D eigenvalue weighted by molar-refractivity contribution is -0.138. The third-order valence-electron chi connectivity index (χ3n) is 1.62. The lowest BCUT2D eigenvalue weighted by atomic mass is 10.1. The molecule has 0 aliphatic heterocycles. The van der Waals surface area contributed by atoms with Crippen LogP contribution in [0.4, 0.5) is 0 Å². The smallest absolute Gasteiger partial charge is 0.320 e. The highest BCUT2D eigenvalue weighted by molar-refractivity contribution is 5.85. The van der Waals surface area contributed by atoms with Crippen molar-refractivity contribution in [3.05, 3.63) is 35.9 Å². The molecular weight excluding hydrogens is 206 g/mol. The molecule has 0 saturated heterocycles. The zero-order valence-corrected chi connectivity index (χ0v) is 8.33. The van der Waals surface area contributed by atoms with Crippen LogP contribution in [0.3, 0.4) is 0 Å². The Balaban J connectivity index is 0. The average molecular weight is 220 g/mol. The van der Waals surface area contributed by atoms with Crippen LogP contribution in [0.5, 0.6) is 0 Å². The van der Waals surface area contributed by atoms with Gasteiger partial charge in [0.25, 0.3) is 0 Å². The van der Waals surface area contributed by atoms with Crippen LogP contribution in [0.2, 0.25) is 0 Å². The van der Waals surface area contributed by atoms with E-state index < -0.39 is 12.0 Å². The molecule has 0 amide bonds. The minimum Gasteiger partial charge on any atom is -0.480 e. The quantitative estimate of drug-likeness (QED) is 0.762. The molecule has 1 rings (SSSR count). The van der Waals surface area contributed by atoms with Crippen LogP contribution < -0.4 is 5.73 Å². The summed E-state index contributed by atoms with van der Waals surface area (Å²) in [6.07, 6.45) is 0.385. The Kier molecular flexibility index (Phi) is 8.04. The van der Waals surface area contributed by atoms with E-state index in [2.05, 4.69) is 0 Å². The molecule has 80 valence electrons. The Morgan fingerprint density at radius 3 is 2.29 bits per heavy atom. The molecule has 4 nitrogen and oxygen atoms in total. The summed E-state index contributed by atoms with van der Waals surface area (Å²) < 4.78 is 0. The molecule has 0 unspecified atom stereocenters. The molecular formula is C9H14ClNO3. The molecule has 5 N–H and O–H groups in total. The zero-order valence-electron chi connectivity index (χ0n) is 7.51. The van der Waals surface area contributed by atoms with Crippen molar-refractivity contribution >= 4 is 18.4 Å². The molecule has 0 aliphatic rings. The predicted octanol–water partition coefficient (Wildman–Crippen LogP) is 0.238. The van der Waals surface area contributed by atoms with Gasteiger partial charge in [-0.2, -0.15) is 0 Å². The monoisotopic (exact) mass is 219 g/mol. The van der Waals surface area contributed by atoms with Crippen LogP contribution in [0.15, 0.2) is 30.3 Å². The van der Waals surface area contributed by atoms with Crippen molar-refractivity contribution < 1.29 is 15.4 Å². The Bertz CT molecular complexity index is 266. The van der Waals surface area contributed by atoms with Crippen LogP contribution in [0.25, 0.3) is 0 Å². The highest BCUT2D eigenvalue weighted by atomic mass is 35.5. The lowest BCUT2D eigenvalue weighted by Gasteiger charge is -2.04. The highest BCUT2D eigenvalue weighted by Crippen LogP contribution is 2.01. The normalized spacial score (nSPS) is 10.6. The largest absolute Gasteiger partial charge is 0.480 e. The summed E-state index contributed by atoms with van der Waals surface area (Å²) in [5, 5.41) is 8.52. The Labute approximate surface area is 88.5 Å². The number of hydrogen-bond donors (Lipinski definition) is 2. The molecule has 0 bridgehead atoms. The summed E-state index contributed by atoms with van der Waals surface area (Å²) >= 11 is 0. The summed E-state index contributed by atoms with van der Waals surface area (Å²) in [6.45, 7) is 0. The Morgan fingerprint density at radius 1 is 1.36 bits per heavy atom. The minimum atomic E-state index is -0.959. The maximum Gasteiger partial charge on any atom is 0.320 e. The van der Waals surface area contributed by atoms with Crippen molar-refractivity contribution in [1.82, 2.24) is 0 Å². The number of nitrogens with two attached hydrogens (primary N) is 1. The van der Waals surface area contributed by atoms with Gasteiger partial charge in [-0.3, -0.25) is 4.79 Å². The molecule has 0 spiro atoms. The maximum absolute atomic E-state index is 10.4. The van der Waals surface area contributed by atoms with E-state index in [0.717, 1.165) is 5.56 Å². The number of carboxylic acid groups (broad SMARTS) is 1. The zero-order chi connectivity index (χ0) is 8.97. The molecule has 1 atom stereocenters. The van der Waals surface area contributed by atoms with Gasteiger partial charge in [0.05, 0.1) is 0 Å². The number of benzene rings is 1. The van der Waals surface area contributed by atoms with Gasteiger partial charge >= 0.3 is 5.97 Å². The van der Waals surface area contributed by atoms with Crippen molar-refractivity contribution in [2.45, 2.75) is 12.5 Å². The first-order valence-corrected chi connectivity index (χ1v) is 3.72. The van der Waals surface area contributed by atoms with Gasteiger partial charge in [0.15, 0.2) is 0 Å². The fraction of sp³-hybridized carbons (Fsp3) is 0.222. The first-order chi connectivity index (χ1) is 5.70. The summed E-state index contributed by atoms with van der Waals surface area (Å²) in [5.74, 6) is -0.959. The summed E-state index contributed by atoms with van der Waals surface area (Å²) in [5.41, 5.74) is 6.30. The van der Waals surface area contributed by atoms with E-state index in [4.69, 9.17) is 10.8 Å². The first-order valence-electron chi connectivity index (χ1n) is 3.72. The van der Waals surface area contributed by atoms with Crippen LogP contribution in [-0.4, -0.2) is 22.6 Å². The summed E-state index contributed by atoms with van der Waals surface area (Å²) in [7, 11) is 0. The fourth-order valence-electron chi connectivity index (χ4n) is 0.955. The fourth-order valence-corrected chi connectivity index (χ4v) is 0.955. The predicted molar refractivity (Wildman–Crippen MR) is 56.6 cm³/mol. The van der Waals surface area contributed by atoms with E-state index in [9.17, 15) is 4.79 Å². The van der Waals surface area contributed by atoms with Gasteiger partial charge in [0.1, 0.15) is 6.04 Å². The van der Waals surface area contributed by atoms with Crippen molar-refractivity contribution in [2.24, 2.45) is 5.73 Å². The molecule has 0 saturated carbocycles. The molecule has 0 radical (unpaired) electrons. The standard InChI is InChI=1S/C9H11NO2.ClH.H2O/c10-8(9(11)12)6-7-4-2-1-3-5-7;;/h1-5,8H,6,10H2,(H,11,12);1H;1H2/t8-;;/m0../s1. The van der Waals surface area contributed by atoms with Gasteiger partial charge in [-0.25, -0.2) is 0 Å². The molecule has 1 aromatic rings. The number of hydrogen-bond acceptors (Lipinski definition) is 2. The highest BCUT2D eigenvalue weighted by Gasteiger charge is 2.10. The van der Waals surface area contributed by atoms with Gasteiger partial charge < -0.3 is 16.3 Å². The lowest BCUT2D eigenvalue weighted by Crippen LogP contribution is -2.32. The number of rotatable bonds is 3. The van der Waals surface area contributed by atoms with E-state index in [-0.39, 0.29) is 17.9 Å². The SMILES string of the molecule is Cl.N[C@@H](Cc1ccccc1)C(=O)O.O. The minimum absolute atomic E-state index is 0. The van der Waals surface area contributed by atoms with E-state index in [1.54, 1.807) is 0 Å². The molecule has 1 aromatic carbocycles. The Morgan fingerprint density at radius 2 is 1.86 bits per heavy atom. The number of aliphatic carboxylic acids is 1. The van der Waals surface area contributed by atoms with Gasteiger partial charge in [0.2, 0.25) is 0 Å². The second-order valence-electron chi connectivity index (χ2n) is 2.63. The molecule has 14 heavy (non-hydrogen) atoms. The first kappa shape index (κ1) is 15.4. The van der Waals surface area contributed by atoms with Crippen molar-refractivity contribution in [2.75, 3.05) is 0 Å². The van der Waals surface area contributed by atoms with E-state index >= 15 is 0 Å². The van der Waals surface area contributed by atoms with Gasteiger partial charge in [0, 0.05) is 0 Å².